The quantitative estimate of drug-likeness (QED) is 0.720. The van der Waals surface area contributed by atoms with Crippen molar-refractivity contribution in [2.45, 2.75) is 26.7 Å². The van der Waals surface area contributed by atoms with Crippen molar-refractivity contribution in [1.82, 2.24) is 4.90 Å². The number of aryl methyl sites for hydroxylation is 1. The number of hydrogen-bond acceptors (Lipinski definition) is 4. The Hall–Kier alpha value is -1.10. The highest BCUT2D eigenvalue weighted by atomic mass is 16.5. The first-order chi connectivity index (χ1) is 10.1. The third-order valence-electron chi connectivity index (χ3n) is 3.57. The van der Waals surface area contributed by atoms with Gasteiger partial charge in [-0.3, -0.25) is 4.90 Å². The molecular formula is C17H29NO3. The first-order valence-corrected chi connectivity index (χ1v) is 7.64. The highest BCUT2D eigenvalue weighted by Crippen LogP contribution is 2.23. The van der Waals surface area contributed by atoms with Crippen LogP contribution in [0.3, 0.4) is 0 Å². The summed E-state index contributed by atoms with van der Waals surface area (Å²) in [5.74, 6) is 1.45. The summed E-state index contributed by atoms with van der Waals surface area (Å²) < 4.78 is 10.9. The standard InChI is InChI=1S/C17H29NO3/c1-14(2)17-6-5-16(13-15(17)3)21-12-9-18(7-10-19)8-11-20-4/h5-6,13-14,19H,7-12H2,1-4H3. The van der Waals surface area contributed by atoms with Crippen molar-refractivity contribution in [1.29, 1.82) is 0 Å². The van der Waals surface area contributed by atoms with Gasteiger partial charge in [-0.2, -0.15) is 0 Å². The molecule has 0 unspecified atom stereocenters. The summed E-state index contributed by atoms with van der Waals surface area (Å²) in [6, 6.07) is 6.28. The van der Waals surface area contributed by atoms with Gasteiger partial charge in [0.15, 0.2) is 0 Å². The van der Waals surface area contributed by atoms with E-state index in [4.69, 9.17) is 14.6 Å². The molecule has 0 saturated heterocycles. The van der Waals surface area contributed by atoms with Crippen LogP contribution in [0.5, 0.6) is 5.75 Å². The number of aliphatic hydroxyl groups is 1. The molecule has 0 radical (unpaired) electrons. The molecule has 1 N–H and O–H groups in total. The second-order valence-electron chi connectivity index (χ2n) is 5.58. The smallest absolute Gasteiger partial charge is 0.119 e. The molecule has 0 fully saturated rings. The second-order valence-corrected chi connectivity index (χ2v) is 5.58. The van der Waals surface area contributed by atoms with E-state index in [-0.39, 0.29) is 6.61 Å². The Labute approximate surface area is 128 Å². The van der Waals surface area contributed by atoms with Crippen LogP contribution in [0.25, 0.3) is 0 Å². The summed E-state index contributed by atoms with van der Waals surface area (Å²) >= 11 is 0. The molecule has 1 aromatic carbocycles. The van der Waals surface area contributed by atoms with Crippen molar-refractivity contribution in [2.24, 2.45) is 0 Å². The summed E-state index contributed by atoms with van der Waals surface area (Å²) in [4.78, 5) is 2.14. The molecule has 21 heavy (non-hydrogen) atoms. The van der Waals surface area contributed by atoms with E-state index in [1.165, 1.54) is 11.1 Å². The summed E-state index contributed by atoms with van der Waals surface area (Å²) in [5.41, 5.74) is 2.64. The Bertz CT molecular complexity index is 407. The molecule has 0 heterocycles. The summed E-state index contributed by atoms with van der Waals surface area (Å²) in [6.45, 7) is 10.2. The Morgan fingerprint density at radius 3 is 2.43 bits per heavy atom. The first-order valence-electron chi connectivity index (χ1n) is 7.64. The lowest BCUT2D eigenvalue weighted by atomic mass is 9.98. The van der Waals surface area contributed by atoms with Crippen LogP contribution in [0, 0.1) is 6.92 Å². The average Bonchev–Trinajstić information content (AvgIpc) is 2.44. The number of hydrogen-bond donors (Lipinski definition) is 1. The predicted octanol–water partition coefficient (Wildman–Crippen LogP) is 2.44. The van der Waals surface area contributed by atoms with Gasteiger partial charge in [-0.15, -0.1) is 0 Å². The van der Waals surface area contributed by atoms with Crippen LogP contribution in [0.1, 0.15) is 30.9 Å². The fourth-order valence-electron chi connectivity index (χ4n) is 2.38. The second kappa shape index (κ2) is 9.77. The Balaban J connectivity index is 2.45. The number of rotatable bonds is 10. The van der Waals surface area contributed by atoms with Crippen molar-refractivity contribution < 1.29 is 14.6 Å². The number of methoxy groups -OCH3 is 1. The fourth-order valence-corrected chi connectivity index (χ4v) is 2.38. The monoisotopic (exact) mass is 295 g/mol. The van der Waals surface area contributed by atoms with Gasteiger partial charge >= 0.3 is 0 Å². The van der Waals surface area contributed by atoms with E-state index in [0.29, 0.717) is 25.7 Å². The summed E-state index contributed by atoms with van der Waals surface area (Å²) in [6.07, 6.45) is 0. The van der Waals surface area contributed by atoms with Crippen molar-refractivity contribution in [3.8, 4) is 5.75 Å². The molecular weight excluding hydrogens is 266 g/mol. The van der Waals surface area contributed by atoms with E-state index >= 15 is 0 Å². The molecule has 0 aliphatic carbocycles. The molecule has 0 spiro atoms. The molecule has 0 atom stereocenters. The maximum atomic E-state index is 9.05. The Morgan fingerprint density at radius 2 is 1.86 bits per heavy atom. The number of benzene rings is 1. The minimum absolute atomic E-state index is 0.159. The molecule has 120 valence electrons. The van der Waals surface area contributed by atoms with Crippen LogP contribution in [0.15, 0.2) is 18.2 Å². The fraction of sp³-hybridized carbons (Fsp3) is 0.647. The lowest BCUT2D eigenvalue weighted by Gasteiger charge is -2.21. The Kier molecular flexibility index (Phi) is 8.35. The molecule has 0 aliphatic heterocycles. The van der Waals surface area contributed by atoms with Gasteiger partial charge < -0.3 is 14.6 Å². The normalized spacial score (nSPS) is 11.4. The average molecular weight is 295 g/mol. The van der Waals surface area contributed by atoms with Crippen molar-refractivity contribution in [2.75, 3.05) is 46.6 Å². The van der Waals surface area contributed by atoms with Gasteiger partial charge in [-0.1, -0.05) is 19.9 Å². The van der Waals surface area contributed by atoms with E-state index < -0.39 is 0 Å². The molecule has 0 aromatic heterocycles. The van der Waals surface area contributed by atoms with Gasteiger partial charge in [0, 0.05) is 26.7 Å². The number of nitrogens with zero attached hydrogens (tertiary/aromatic N) is 1. The molecule has 0 amide bonds. The van der Waals surface area contributed by atoms with Gasteiger partial charge in [0.1, 0.15) is 12.4 Å². The molecule has 0 aliphatic rings. The number of ether oxygens (including phenoxy) is 2. The summed E-state index contributed by atoms with van der Waals surface area (Å²) in [7, 11) is 1.69. The van der Waals surface area contributed by atoms with Gasteiger partial charge in [0.25, 0.3) is 0 Å². The molecule has 0 saturated carbocycles. The molecule has 0 bridgehead atoms. The Morgan fingerprint density at radius 1 is 1.14 bits per heavy atom. The molecule has 1 aromatic rings. The van der Waals surface area contributed by atoms with Crippen LogP contribution >= 0.6 is 0 Å². The molecule has 4 heteroatoms. The summed E-state index contributed by atoms with van der Waals surface area (Å²) in [5, 5.41) is 9.05. The zero-order valence-corrected chi connectivity index (χ0v) is 13.8. The highest BCUT2D eigenvalue weighted by molar-refractivity contribution is 5.36. The minimum atomic E-state index is 0.159. The predicted molar refractivity (Wildman–Crippen MR) is 86.2 cm³/mol. The van der Waals surface area contributed by atoms with Crippen LogP contribution < -0.4 is 4.74 Å². The van der Waals surface area contributed by atoms with Crippen LogP contribution in [0.2, 0.25) is 0 Å². The van der Waals surface area contributed by atoms with Gasteiger partial charge in [-0.25, -0.2) is 0 Å². The number of aliphatic hydroxyl groups excluding tert-OH is 1. The van der Waals surface area contributed by atoms with Crippen LogP contribution in [-0.4, -0.2) is 56.6 Å². The zero-order valence-electron chi connectivity index (χ0n) is 13.8. The molecule has 4 nitrogen and oxygen atoms in total. The zero-order chi connectivity index (χ0) is 15.7. The van der Waals surface area contributed by atoms with Gasteiger partial charge in [0.2, 0.25) is 0 Å². The van der Waals surface area contributed by atoms with Crippen LogP contribution in [-0.2, 0) is 4.74 Å². The largest absolute Gasteiger partial charge is 0.492 e. The van der Waals surface area contributed by atoms with Gasteiger partial charge in [-0.05, 0) is 36.1 Å². The van der Waals surface area contributed by atoms with E-state index in [1.807, 2.05) is 6.07 Å². The van der Waals surface area contributed by atoms with Gasteiger partial charge in [0.05, 0.1) is 13.2 Å². The first kappa shape index (κ1) is 18.0. The SMILES string of the molecule is COCCN(CCO)CCOc1ccc(C(C)C)c(C)c1. The minimum Gasteiger partial charge on any atom is -0.492 e. The maximum Gasteiger partial charge on any atom is 0.119 e. The van der Waals surface area contributed by atoms with Crippen molar-refractivity contribution in [3.63, 3.8) is 0 Å². The highest BCUT2D eigenvalue weighted by Gasteiger charge is 2.06. The maximum absolute atomic E-state index is 9.05. The lowest BCUT2D eigenvalue weighted by molar-refractivity contribution is 0.118. The van der Waals surface area contributed by atoms with E-state index in [1.54, 1.807) is 7.11 Å². The van der Waals surface area contributed by atoms with E-state index in [9.17, 15) is 0 Å². The van der Waals surface area contributed by atoms with Crippen LogP contribution in [0.4, 0.5) is 0 Å². The van der Waals surface area contributed by atoms with Crippen molar-refractivity contribution >= 4 is 0 Å². The molecule has 1 rings (SSSR count). The van der Waals surface area contributed by atoms with E-state index in [0.717, 1.165) is 18.8 Å². The lowest BCUT2D eigenvalue weighted by Crippen LogP contribution is -2.33. The van der Waals surface area contributed by atoms with Crippen molar-refractivity contribution in [3.05, 3.63) is 29.3 Å². The van der Waals surface area contributed by atoms with E-state index in [2.05, 4.69) is 37.8 Å². The third kappa shape index (κ3) is 6.46. The third-order valence-corrected chi connectivity index (χ3v) is 3.57. The topological polar surface area (TPSA) is 41.9 Å².